The van der Waals surface area contributed by atoms with Gasteiger partial charge in [0.05, 0.1) is 11.0 Å². The van der Waals surface area contributed by atoms with Crippen LogP contribution in [0.1, 0.15) is 19.3 Å². The van der Waals surface area contributed by atoms with Crippen LogP contribution in [-0.4, -0.2) is 23.6 Å². The van der Waals surface area contributed by atoms with E-state index in [-0.39, 0.29) is 0 Å². The maximum Gasteiger partial charge on any atom is 0.203 e. The third-order valence-corrected chi connectivity index (χ3v) is 3.61. The smallest absolute Gasteiger partial charge is 0.203 e. The van der Waals surface area contributed by atoms with E-state index in [0.29, 0.717) is 0 Å². The number of nitrogens with zero attached hydrogens (tertiary/aromatic N) is 2. The number of aromatic nitrogens is 2. The van der Waals surface area contributed by atoms with E-state index in [9.17, 15) is 0 Å². The van der Waals surface area contributed by atoms with Crippen molar-refractivity contribution in [1.82, 2.24) is 9.97 Å². The summed E-state index contributed by atoms with van der Waals surface area (Å²) in [6, 6.07) is 5.78. The zero-order valence-corrected chi connectivity index (χ0v) is 10.1. The summed E-state index contributed by atoms with van der Waals surface area (Å²) in [4.78, 5) is 10.1. The van der Waals surface area contributed by atoms with Crippen molar-refractivity contribution in [2.45, 2.75) is 19.3 Å². The minimum Gasteiger partial charge on any atom is -0.399 e. The van der Waals surface area contributed by atoms with E-state index in [0.717, 1.165) is 35.1 Å². The molecule has 4 nitrogen and oxygen atoms in total. The molecule has 0 aliphatic heterocycles. The fourth-order valence-electron chi connectivity index (χ4n) is 2.34. The van der Waals surface area contributed by atoms with E-state index < -0.39 is 0 Å². The number of fused-ring (bicyclic) bond motifs is 1. The van der Waals surface area contributed by atoms with Gasteiger partial charge in [-0.05, 0) is 37.0 Å². The highest BCUT2D eigenvalue weighted by Crippen LogP contribution is 2.28. The molecule has 17 heavy (non-hydrogen) atoms. The maximum atomic E-state index is 5.76. The number of imidazole rings is 1. The molecule has 1 saturated carbocycles. The van der Waals surface area contributed by atoms with Gasteiger partial charge in [0.15, 0.2) is 0 Å². The lowest BCUT2D eigenvalue weighted by molar-refractivity contribution is 0.320. The Morgan fingerprint density at radius 3 is 3.00 bits per heavy atom. The summed E-state index contributed by atoms with van der Waals surface area (Å²) < 4.78 is 0. The molecule has 0 atom stereocenters. The Morgan fingerprint density at radius 1 is 1.47 bits per heavy atom. The molecular weight excluding hydrogens is 212 g/mol. The van der Waals surface area contributed by atoms with Gasteiger partial charge in [0.2, 0.25) is 5.95 Å². The van der Waals surface area contributed by atoms with Crippen molar-refractivity contribution in [2.24, 2.45) is 5.92 Å². The lowest BCUT2D eigenvalue weighted by Gasteiger charge is -2.29. The Kier molecular flexibility index (Phi) is 2.42. The van der Waals surface area contributed by atoms with Crippen molar-refractivity contribution in [1.29, 1.82) is 0 Å². The van der Waals surface area contributed by atoms with Crippen LogP contribution in [0.15, 0.2) is 18.2 Å². The first-order valence-electron chi connectivity index (χ1n) is 6.19. The lowest BCUT2D eigenvalue weighted by Crippen LogP contribution is -2.29. The van der Waals surface area contributed by atoms with Crippen LogP contribution in [0.25, 0.3) is 11.0 Å². The van der Waals surface area contributed by atoms with Crippen LogP contribution in [0.5, 0.6) is 0 Å². The highest BCUT2D eigenvalue weighted by Gasteiger charge is 2.20. The minimum atomic E-state index is 0.773. The van der Waals surface area contributed by atoms with Crippen molar-refractivity contribution >= 4 is 22.7 Å². The Bertz CT molecular complexity index is 527. The third-order valence-electron chi connectivity index (χ3n) is 3.61. The number of benzene rings is 1. The molecule has 1 aliphatic carbocycles. The molecule has 2 aromatic rings. The highest BCUT2D eigenvalue weighted by molar-refractivity contribution is 5.80. The first-order chi connectivity index (χ1) is 8.22. The van der Waals surface area contributed by atoms with E-state index in [2.05, 4.69) is 21.9 Å². The number of aromatic amines is 1. The van der Waals surface area contributed by atoms with Gasteiger partial charge in [-0.15, -0.1) is 0 Å². The fourth-order valence-corrected chi connectivity index (χ4v) is 2.34. The fraction of sp³-hybridized carbons (Fsp3) is 0.462. The van der Waals surface area contributed by atoms with Crippen LogP contribution in [0, 0.1) is 5.92 Å². The largest absolute Gasteiger partial charge is 0.399 e. The number of rotatable bonds is 3. The summed E-state index contributed by atoms with van der Waals surface area (Å²) in [7, 11) is 2.10. The highest BCUT2D eigenvalue weighted by atomic mass is 15.2. The van der Waals surface area contributed by atoms with Crippen molar-refractivity contribution in [3.05, 3.63) is 18.2 Å². The van der Waals surface area contributed by atoms with Crippen molar-refractivity contribution < 1.29 is 0 Å². The molecule has 90 valence electrons. The maximum absolute atomic E-state index is 5.76. The van der Waals surface area contributed by atoms with Crippen LogP contribution in [0.4, 0.5) is 11.6 Å². The van der Waals surface area contributed by atoms with Gasteiger partial charge >= 0.3 is 0 Å². The predicted molar refractivity (Wildman–Crippen MR) is 71.1 cm³/mol. The molecule has 3 N–H and O–H groups in total. The molecule has 1 aromatic heterocycles. The first-order valence-corrected chi connectivity index (χ1v) is 6.19. The minimum absolute atomic E-state index is 0.773. The van der Waals surface area contributed by atoms with E-state index in [1.54, 1.807) is 0 Å². The molecule has 0 radical (unpaired) electrons. The van der Waals surface area contributed by atoms with E-state index >= 15 is 0 Å². The van der Waals surface area contributed by atoms with Crippen LogP contribution in [0.2, 0.25) is 0 Å². The second kappa shape index (κ2) is 3.95. The zero-order valence-electron chi connectivity index (χ0n) is 10.1. The number of nitrogen functional groups attached to an aromatic ring is 1. The molecule has 0 bridgehead atoms. The number of nitrogens with two attached hydrogens (primary N) is 1. The third kappa shape index (κ3) is 1.95. The van der Waals surface area contributed by atoms with Gasteiger partial charge in [-0.3, -0.25) is 0 Å². The van der Waals surface area contributed by atoms with Crippen LogP contribution in [-0.2, 0) is 0 Å². The Hall–Kier alpha value is -1.71. The van der Waals surface area contributed by atoms with E-state index in [1.807, 2.05) is 18.2 Å². The Morgan fingerprint density at radius 2 is 2.29 bits per heavy atom. The van der Waals surface area contributed by atoms with Gasteiger partial charge in [0, 0.05) is 19.3 Å². The number of hydrogen-bond donors (Lipinski definition) is 2. The van der Waals surface area contributed by atoms with Gasteiger partial charge in [-0.1, -0.05) is 6.42 Å². The summed E-state index contributed by atoms with van der Waals surface area (Å²) >= 11 is 0. The summed E-state index contributed by atoms with van der Waals surface area (Å²) in [5.74, 6) is 1.79. The van der Waals surface area contributed by atoms with Gasteiger partial charge < -0.3 is 15.6 Å². The molecule has 1 aromatic carbocycles. The summed E-state index contributed by atoms with van der Waals surface area (Å²) in [5, 5.41) is 0. The average Bonchev–Trinajstić information content (AvgIpc) is 2.65. The van der Waals surface area contributed by atoms with Gasteiger partial charge in [-0.25, -0.2) is 4.98 Å². The number of H-pyrrole nitrogens is 1. The zero-order chi connectivity index (χ0) is 11.8. The topological polar surface area (TPSA) is 57.9 Å². The Balaban J connectivity index is 1.83. The SMILES string of the molecule is CN(CC1CCC1)c1nc2ccc(N)cc2[nH]1. The van der Waals surface area contributed by atoms with Crippen LogP contribution < -0.4 is 10.6 Å². The standard InChI is InChI=1S/C13H18N4/c1-17(8-9-3-2-4-9)13-15-11-6-5-10(14)7-12(11)16-13/h5-7,9H,2-4,8,14H2,1H3,(H,15,16). The lowest BCUT2D eigenvalue weighted by atomic mass is 9.85. The molecule has 0 unspecified atom stereocenters. The molecule has 0 spiro atoms. The van der Waals surface area contributed by atoms with E-state index in [1.165, 1.54) is 19.3 Å². The number of anilines is 2. The molecule has 0 amide bonds. The second-order valence-electron chi connectivity index (χ2n) is 5.01. The number of hydrogen-bond acceptors (Lipinski definition) is 3. The van der Waals surface area contributed by atoms with Crippen molar-refractivity contribution in [2.75, 3.05) is 24.2 Å². The molecule has 1 aliphatic rings. The number of nitrogens with one attached hydrogen (secondary N) is 1. The molecule has 1 heterocycles. The van der Waals surface area contributed by atoms with Crippen molar-refractivity contribution in [3.8, 4) is 0 Å². The van der Waals surface area contributed by atoms with Crippen molar-refractivity contribution in [3.63, 3.8) is 0 Å². The normalized spacial score (nSPS) is 16.1. The molecule has 1 fully saturated rings. The van der Waals surface area contributed by atoms with Crippen LogP contribution >= 0.6 is 0 Å². The Labute approximate surface area is 101 Å². The van der Waals surface area contributed by atoms with Crippen LogP contribution in [0.3, 0.4) is 0 Å². The summed E-state index contributed by atoms with van der Waals surface area (Å²) in [6.07, 6.45) is 4.10. The molecular formula is C13H18N4. The summed E-state index contributed by atoms with van der Waals surface area (Å²) in [5.41, 5.74) is 8.53. The second-order valence-corrected chi connectivity index (χ2v) is 5.01. The summed E-state index contributed by atoms with van der Waals surface area (Å²) in [6.45, 7) is 1.09. The molecule has 0 saturated heterocycles. The monoisotopic (exact) mass is 230 g/mol. The average molecular weight is 230 g/mol. The van der Waals surface area contributed by atoms with Gasteiger partial charge in [0.1, 0.15) is 0 Å². The van der Waals surface area contributed by atoms with Gasteiger partial charge in [0.25, 0.3) is 0 Å². The quantitative estimate of drug-likeness (QED) is 0.796. The molecule has 3 rings (SSSR count). The first kappa shape index (κ1) is 10.4. The van der Waals surface area contributed by atoms with E-state index in [4.69, 9.17) is 5.73 Å². The predicted octanol–water partition coefficient (Wildman–Crippen LogP) is 2.38. The van der Waals surface area contributed by atoms with Gasteiger partial charge in [-0.2, -0.15) is 0 Å². The molecule has 4 heteroatoms.